The molecule has 126 valence electrons. The zero-order chi connectivity index (χ0) is 16.9. The van der Waals surface area contributed by atoms with Crippen LogP contribution in [0.4, 0.5) is 8.78 Å². The molecule has 1 aliphatic rings. The highest BCUT2D eigenvalue weighted by Crippen LogP contribution is 2.23. The Bertz CT molecular complexity index is 701. The first kappa shape index (κ1) is 16.4. The quantitative estimate of drug-likeness (QED) is 0.932. The normalized spacial score (nSPS) is 20.4. The summed E-state index contributed by atoms with van der Waals surface area (Å²) in [5.74, 6) is -1.76. The fourth-order valence-corrected chi connectivity index (χ4v) is 2.82. The third kappa shape index (κ3) is 4.07. The van der Waals surface area contributed by atoms with Gasteiger partial charge in [0.25, 0.3) is 5.91 Å². The van der Waals surface area contributed by atoms with Crippen LogP contribution in [0.25, 0.3) is 0 Å². The van der Waals surface area contributed by atoms with Gasteiger partial charge in [-0.2, -0.15) is 0 Å². The zero-order valence-corrected chi connectivity index (χ0v) is 13.0. The Morgan fingerprint density at radius 1 is 1.08 bits per heavy atom. The van der Waals surface area contributed by atoms with Gasteiger partial charge in [0.05, 0.1) is 0 Å². The molecule has 1 aromatic heterocycles. The number of nitrogens with zero attached hydrogens (tertiary/aromatic N) is 1. The minimum absolute atomic E-state index is 0.00852. The number of hydrogen-bond donors (Lipinski definition) is 1. The Hall–Kier alpha value is -2.50. The summed E-state index contributed by atoms with van der Waals surface area (Å²) in [5.41, 5.74) is 0.126. The van der Waals surface area contributed by atoms with Crippen molar-refractivity contribution in [2.24, 2.45) is 0 Å². The van der Waals surface area contributed by atoms with Gasteiger partial charge in [-0.3, -0.25) is 4.79 Å². The molecule has 1 aromatic carbocycles. The molecular weight excluding hydrogens is 314 g/mol. The van der Waals surface area contributed by atoms with Crippen LogP contribution in [0.3, 0.4) is 0 Å². The van der Waals surface area contributed by atoms with Gasteiger partial charge in [0, 0.05) is 23.9 Å². The van der Waals surface area contributed by atoms with Crippen molar-refractivity contribution in [3.63, 3.8) is 0 Å². The number of carbonyl (C=O) groups is 1. The summed E-state index contributed by atoms with van der Waals surface area (Å²) in [6.45, 7) is 0. The number of rotatable bonds is 4. The Morgan fingerprint density at radius 2 is 1.88 bits per heavy atom. The van der Waals surface area contributed by atoms with Crippen LogP contribution in [0.5, 0.6) is 5.88 Å². The van der Waals surface area contributed by atoms with Gasteiger partial charge >= 0.3 is 0 Å². The minimum Gasteiger partial charge on any atom is -0.474 e. The first-order valence-corrected chi connectivity index (χ1v) is 7.95. The smallest absolute Gasteiger partial charge is 0.251 e. The molecule has 1 fully saturated rings. The van der Waals surface area contributed by atoms with Crippen LogP contribution in [-0.4, -0.2) is 23.0 Å². The molecule has 0 unspecified atom stereocenters. The molecule has 0 atom stereocenters. The molecule has 0 radical (unpaired) electrons. The van der Waals surface area contributed by atoms with E-state index in [0.717, 1.165) is 37.8 Å². The molecular formula is C18H18F2N2O2. The molecule has 3 rings (SSSR count). The van der Waals surface area contributed by atoms with Crippen molar-refractivity contribution in [1.29, 1.82) is 0 Å². The summed E-state index contributed by atoms with van der Waals surface area (Å²) in [6.07, 6.45) is 4.91. The Kier molecular flexibility index (Phi) is 5.03. The number of nitrogens with one attached hydrogen (secondary N) is 1. The van der Waals surface area contributed by atoms with Crippen molar-refractivity contribution in [3.8, 4) is 5.88 Å². The molecule has 1 aliphatic carbocycles. The van der Waals surface area contributed by atoms with E-state index in [9.17, 15) is 13.6 Å². The molecule has 0 saturated heterocycles. The van der Waals surface area contributed by atoms with Gasteiger partial charge in [-0.1, -0.05) is 6.07 Å². The number of amides is 1. The van der Waals surface area contributed by atoms with Crippen LogP contribution in [-0.2, 0) is 0 Å². The van der Waals surface area contributed by atoms with Crippen molar-refractivity contribution < 1.29 is 18.3 Å². The Balaban J connectivity index is 1.50. The molecule has 0 aliphatic heterocycles. The van der Waals surface area contributed by atoms with E-state index in [1.807, 2.05) is 18.2 Å². The maximum Gasteiger partial charge on any atom is 0.251 e. The van der Waals surface area contributed by atoms with Gasteiger partial charge in [0.1, 0.15) is 6.10 Å². The van der Waals surface area contributed by atoms with Gasteiger partial charge < -0.3 is 10.1 Å². The predicted molar refractivity (Wildman–Crippen MR) is 84.7 cm³/mol. The van der Waals surface area contributed by atoms with E-state index in [1.165, 1.54) is 6.07 Å². The highest BCUT2D eigenvalue weighted by Gasteiger charge is 2.24. The lowest BCUT2D eigenvalue weighted by Gasteiger charge is -2.29. The molecule has 1 heterocycles. The number of aromatic nitrogens is 1. The Labute approximate surface area is 138 Å². The molecule has 4 nitrogen and oxygen atoms in total. The second-order valence-electron chi connectivity index (χ2n) is 5.86. The summed E-state index contributed by atoms with van der Waals surface area (Å²) in [5, 5.41) is 2.87. The number of ether oxygens (including phenoxy) is 1. The highest BCUT2D eigenvalue weighted by molar-refractivity contribution is 5.94. The number of halogens is 2. The van der Waals surface area contributed by atoms with E-state index in [1.54, 1.807) is 6.20 Å². The first-order chi connectivity index (χ1) is 11.6. The summed E-state index contributed by atoms with van der Waals surface area (Å²) < 4.78 is 31.9. The van der Waals surface area contributed by atoms with Crippen molar-refractivity contribution in [3.05, 3.63) is 59.8 Å². The van der Waals surface area contributed by atoms with E-state index < -0.39 is 11.6 Å². The van der Waals surface area contributed by atoms with Crippen LogP contribution in [0, 0.1) is 11.6 Å². The van der Waals surface area contributed by atoms with Gasteiger partial charge in [-0.15, -0.1) is 0 Å². The number of benzene rings is 1. The molecule has 2 aromatic rings. The third-order valence-corrected chi connectivity index (χ3v) is 4.12. The van der Waals surface area contributed by atoms with E-state index >= 15 is 0 Å². The van der Waals surface area contributed by atoms with Crippen LogP contribution in [0.15, 0.2) is 42.6 Å². The molecule has 0 spiro atoms. The van der Waals surface area contributed by atoms with E-state index in [-0.39, 0.29) is 23.6 Å². The summed E-state index contributed by atoms with van der Waals surface area (Å²) in [4.78, 5) is 16.2. The molecule has 24 heavy (non-hydrogen) atoms. The first-order valence-electron chi connectivity index (χ1n) is 7.95. The molecule has 1 saturated carbocycles. The second-order valence-corrected chi connectivity index (χ2v) is 5.86. The summed E-state index contributed by atoms with van der Waals surface area (Å²) >= 11 is 0. The molecule has 1 N–H and O–H groups in total. The SMILES string of the molecule is O=C(NC1CCC(Oc2ccccn2)CC1)c1ccc(F)c(F)c1. The topological polar surface area (TPSA) is 51.2 Å². The van der Waals surface area contributed by atoms with Crippen LogP contribution < -0.4 is 10.1 Å². The molecule has 1 amide bonds. The fraction of sp³-hybridized carbons (Fsp3) is 0.333. The minimum atomic E-state index is -1.02. The molecule has 6 heteroatoms. The predicted octanol–water partition coefficient (Wildman–Crippen LogP) is 3.48. The maximum atomic E-state index is 13.2. The van der Waals surface area contributed by atoms with Crippen molar-refractivity contribution >= 4 is 5.91 Å². The maximum absolute atomic E-state index is 13.2. The summed E-state index contributed by atoms with van der Waals surface area (Å²) in [6, 6.07) is 8.69. The largest absolute Gasteiger partial charge is 0.474 e. The van der Waals surface area contributed by atoms with Crippen LogP contribution in [0.2, 0.25) is 0 Å². The molecule has 0 bridgehead atoms. The number of pyridine rings is 1. The second kappa shape index (κ2) is 7.38. The van der Waals surface area contributed by atoms with Gasteiger partial charge in [-0.05, 0) is 49.9 Å². The van der Waals surface area contributed by atoms with Gasteiger partial charge in [-0.25, -0.2) is 13.8 Å². The third-order valence-electron chi connectivity index (χ3n) is 4.12. The van der Waals surface area contributed by atoms with E-state index in [0.29, 0.717) is 5.88 Å². The zero-order valence-electron chi connectivity index (χ0n) is 13.0. The van der Waals surface area contributed by atoms with Crippen LogP contribution in [0.1, 0.15) is 36.0 Å². The lowest BCUT2D eigenvalue weighted by Crippen LogP contribution is -2.39. The standard InChI is InChI=1S/C18H18F2N2O2/c19-15-9-4-12(11-16(15)20)18(23)22-13-5-7-14(8-6-13)24-17-3-1-2-10-21-17/h1-4,9-11,13-14H,5-8H2,(H,22,23). The number of carbonyl (C=O) groups excluding carboxylic acids is 1. The number of hydrogen-bond acceptors (Lipinski definition) is 3. The van der Waals surface area contributed by atoms with Crippen molar-refractivity contribution in [2.45, 2.75) is 37.8 Å². The average molecular weight is 332 g/mol. The highest BCUT2D eigenvalue weighted by atomic mass is 19.2. The summed E-state index contributed by atoms with van der Waals surface area (Å²) in [7, 11) is 0. The van der Waals surface area contributed by atoms with E-state index in [4.69, 9.17) is 4.74 Å². The van der Waals surface area contributed by atoms with Crippen molar-refractivity contribution in [2.75, 3.05) is 0 Å². The fourth-order valence-electron chi connectivity index (χ4n) is 2.82. The Morgan fingerprint density at radius 3 is 2.54 bits per heavy atom. The lowest BCUT2D eigenvalue weighted by molar-refractivity contribution is 0.0889. The average Bonchev–Trinajstić information content (AvgIpc) is 2.60. The monoisotopic (exact) mass is 332 g/mol. The van der Waals surface area contributed by atoms with Crippen LogP contribution >= 0.6 is 0 Å². The van der Waals surface area contributed by atoms with Crippen molar-refractivity contribution in [1.82, 2.24) is 10.3 Å². The lowest BCUT2D eigenvalue weighted by atomic mass is 9.92. The van der Waals surface area contributed by atoms with E-state index in [2.05, 4.69) is 10.3 Å². The van der Waals surface area contributed by atoms with Gasteiger partial charge in [0.2, 0.25) is 5.88 Å². The van der Waals surface area contributed by atoms with Gasteiger partial charge in [0.15, 0.2) is 11.6 Å².